The minimum absolute atomic E-state index is 0.0253. The van der Waals surface area contributed by atoms with Gasteiger partial charge in [0.2, 0.25) is 5.91 Å². The zero-order valence-corrected chi connectivity index (χ0v) is 17.1. The van der Waals surface area contributed by atoms with Crippen LogP contribution in [0.25, 0.3) is 0 Å². The summed E-state index contributed by atoms with van der Waals surface area (Å²) in [5.74, 6) is -1.50. The first-order valence-corrected chi connectivity index (χ1v) is 9.78. The zero-order valence-electron chi connectivity index (χ0n) is 17.1. The summed E-state index contributed by atoms with van der Waals surface area (Å²) in [7, 11) is 0. The molecule has 8 N–H and O–H groups in total. The molecule has 31 heavy (non-hydrogen) atoms. The van der Waals surface area contributed by atoms with Gasteiger partial charge in [-0.3, -0.25) is 9.59 Å². The van der Waals surface area contributed by atoms with E-state index in [2.05, 4.69) is 5.32 Å². The summed E-state index contributed by atoms with van der Waals surface area (Å²) < 4.78 is 5.15. The van der Waals surface area contributed by atoms with Crippen LogP contribution in [0.1, 0.15) is 24.0 Å². The third kappa shape index (κ3) is 6.88. The Balaban J connectivity index is 2.23. The standard InChI is InChI=1S/C22H28N4O5/c23-13-17(27)12-22(25,16-9-5-2-6-10-16)20(29)18(11-19(24)28)26-21(30)31-14-15-7-3-1-4-8-15/h1-10,17-18,27H,11-14,23,25H2,(H2,24,28)(H,26,30)/t17?,18-,22?/m0/s1. The van der Waals surface area contributed by atoms with E-state index in [0.29, 0.717) is 5.56 Å². The normalized spacial score (nSPS) is 14.7. The minimum Gasteiger partial charge on any atom is -0.445 e. The van der Waals surface area contributed by atoms with Crippen molar-refractivity contribution in [3.05, 3.63) is 71.8 Å². The summed E-state index contributed by atoms with van der Waals surface area (Å²) in [4.78, 5) is 37.3. The van der Waals surface area contributed by atoms with Gasteiger partial charge in [0.25, 0.3) is 0 Å². The number of carbonyl (C=O) groups is 3. The Kier molecular flexibility index (Phi) is 8.68. The van der Waals surface area contributed by atoms with E-state index in [1.807, 2.05) is 6.07 Å². The van der Waals surface area contributed by atoms with Gasteiger partial charge in [-0.15, -0.1) is 0 Å². The Morgan fingerprint density at radius 1 is 1.03 bits per heavy atom. The maximum atomic E-state index is 13.4. The van der Waals surface area contributed by atoms with E-state index in [4.69, 9.17) is 21.9 Å². The van der Waals surface area contributed by atoms with Gasteiger partial charge in [-0.2, -0.15) is 0 Å². The van der Waals surface area contributed by atoms with Gasteiger partial charge in [0.05, 0.1) is 12.5 Å². The van der Waals surface area contributed by atoms with Crippen LogP contribution in [0.15, 0.2) is 60.7 Å². The maximum absolute atomic E-state index is 13.4. The smallest absolute Gasteiger partial charge is 0.408 e. The lowest BCUT2D eigenvalue weighted by atomic mass is 9.78. The van der Waals surface area contributed by atoms with Crippen LogP contribution >= 0.6 is 0 Å². The topological polar surface area (TPSA) is 171 Å². The molecule has 0 aliphatic heterocycles. The Labute approximate surface area is 180 Å². The number of ether oxygens (including phenoxy) is 1. The van der Waals surface area contributed by atoms with Crippen LogP contribution in [-0.2, 0) is 26.5 Å². The van der Waals surface area contributed by atoms with E-state index in [1.54, 1.807) is 54.6 Å². The minimum atomic E-state index is -1.72. The molecule has 0 radical (unpaired) electrons. The molecule has 0 aromatic heterocycles. The van der Waals surface area contributed by atoms with E-state index < -0.39 is 41.9 Å². The van der Waals surface area contributed by atoms with Gasteiger partial charge in [0.1, 0.15) is 18.2 Å². The highest BCUT2D eigenvalue weighted by atomic mass is 16.5. The molecule has 9 heteroatoms. The molecule has 2 aromatic carbocycles. The van der Waals surface area contributed by atoms with E-state index in [0.717, 1.165) is 5.56 Å². The molecule has 0 saturated carbocycles. The highest BCUT2D eigenvalue weighted by Gasteiger charge is 2.42. The Bertz CT molecular complexity index is 878. The predicted molar refractivity (Wildman–Crippen MR) is 114 cm³/mol. The molecule has 2 aromatic rings. The van der Waals surface area contributed by atoms with Crippen LogP contribution in [0.3, 0.4) is 0 Å². The van der Waals surface area contributed by atoms with Gasteiger partial charge in [-0.25, -0.2) is 4.79 Å². The Morgan fingerprint density at radius 2 is 1.61 bits per heavy atom. The number of aliphatic hydroxyl groups is 1. The number of rotatable bonds is 11. The number of carbonyl (C=O) groups excluding carboxylic acids is 3. The van der Waals surface area contributed by atoms with E-state index in [9.17, 15) is 19.5 Å². The number of hydrogen-bond donors (Lipinski definition) is 5. The van der Waals surface area contributed by atoms with E-state index in [-0.39, 0.29) is 19.6 Å². The predicted octanol–water partition coefficient (Wildman–Crippen LogP) is 0.290. The number of amides is 2. The molecule has 166 valence electrons. The average Bonchev–Trinajstić information content (AvgIpc) is 2.77. The molecular weight excluding hydrogens is 400 g/mol. The van der Waals surface area contributed by atoms with Gasteiger partial charge >= 0.3 is 6.09 Å². The van der Waals surface area contributed by atoms with Crippen molar-refractivity contribution in [3.63, 3.8) is 0 Å². The van der Waals surface area contributed by atoms with Crippen molar-refractivity contribution in [2.75, 3.05) is 6.54 Å². The van der Waals surface area contributed by atoms with Crippen LogP contribution in [-0.4, -0.2) is 41.6 Å². The number of nitrogens with two attached hydrogens (primary N) is 3. The summed E-state index contributed by atoms with van der Waals surface area (Å²) >= 11 is 0. The fraction of sp³-hybridized carbons (Fsp3) is 0.318. The summed E-state index contributed by atoms with van der Waals surface area (Å²) in [5.41, 5.74) is 16.7. The van der Waals surface area contributed by atoms with Crippen LogP contribution < -0.4 is 22.5 Å². The number of ketones is 1. The van der Waals surface area contributed by atoms with Crippen molar-refractivity contribution < 1.29 is 24.2 Å². The first kappa shape index (κ1) is 24.0. The SMILES string of the molecule is NCC(O)CC(N)(C(=O)[C@H](CC(N)=O)NC(=O)OCc1ccccc1)c1ccccc1. The lowest BCUT2D eigenvalue weighted by Gasteiger charge is -2.33. The second-order valence-corrected chi connectivity index (χ2v) is 7.22. The molecule has 0 spiro atoms. The number of primary amides is 1. The number of nitrogens with one attached hydrogen (secondary N) is 1. The molecule has 0 fully saturated rings. The highest BCUT2D eigenvalue weighted by Crippen LogP contribution is 2.27. The first-order chi connectivity index (χ1) is 14.8. The lowest BCUT2D eigenvalue weighted by molar-refractivity contribution is -0.130. The number of Topliss-reactive ketones (excluding diaryl/α,β-unsaturated/α-hetero) is 1. The summed E-state index contributed by atoms with van der Waals surface area (Å²) in [5, 5.41) is 12.5. The molecule has 0 heterocycles. The van der Waals surface area contributed by atoms with Gasteiger partial charge < -0.3 is 32.4 Å². The fourth-order valence-electron chi connectivity index (χ4n) is 3.18. The molecule has 2 amide bonds. The van der Waals surface area contributed by atoms with Crippen LogP contribution in [0, 0.1) is 0 Å². The van der Waals surface area contributed by atoms with Crippen molar-refractivity contribution >= 4 is 17.8 Å². The molecule has 2 unspecified atom stereocenters. The largest absolute Gasteiger partial charge is 0.445 e. The quantitative estimate of drug-likeness (QED) is 0.342. The molecule has 3 atom stereocenters. The number of hydrogen-bond acceptors (Lipinski definition) is 7. The summed E-state index contributed by atoms with van der Waals surface area (Å²) in [6.07, 6.45) is -2.67. The second-order valence-electron chi connectivity index (χ2n) is 7.22. The van der Waals surface area contributed by atoms with Gasteiger partial charge in [-0.1, -0.05) is 60.7 Å². The third-order valence-electron chi connectivity index (χ3n) is 4.78. The van der Waals surface area contributed by atoms with Crippen LogP contribution in [0.4, 0.5) is 4.79 Å². The molecule has 0 bridgehead atoms. The van der Waals surface area contributed by atoms with Crippen molar-refractivity contribution in [2.45, 2.75) is 37.1 Å². The van der Waals surface area contributed by atoms with Crippen molar-refractivity contribution in [3.8, 4) is 0 Å². The van der Waals surface area contributed by atoms with Crippen LogP contribution in [0.2, 0.25) is 0 Å². The second kappa shape index (κ2) is 11.2. The zero-order chi connectivity index (χ0) is 22.9. The van der Waals surface area contributed by atoms with E-state index in [1.165, 1.54) is 0 Å². The van der Waals surface area contributed by atoms with E-state index >= 15 is 0 Å². The van der Waals surface area contributed by atoms with Gasteiger partial charge in [0.15, 0.2) is 5.78 Å². The first-order valence-electron chi connectivity index (χ1n) is 9.78. The Hall–Kier alpha value is -3.27. The maximum Gasteiger partial charge on any atom is 0.408 e. The molecular formula is C22H28N4O5. The summed E-state index contributed by atoms with van der Waals surface area (Å²) in [6.45, 7) is -0.144. The van der Waals surface area contributed by atoms with Crippen molar-refractivity contribution in [1.29, 1.82) is 0 Å². The lowest BCUT2D eigenvalue weighted by Crippen LogP contribution is -2.57. The number of alkyl carbamates (subject to hydrolysis) is 1. The number of aliphatic hydroxyl groups excluding tert-OH is 1. The number of benzene rings is 2. The summed E-state index contributed by atoms with van der Waals surface area (Å²) in [6, 6.07) is 16.0. The molecule has 0 aliphatic rings. The molecule has 0 saturated heterocycles. The van der Waals surface area contributed by atoms with Crippen molar-refractivity contribution in [1.82, 2.24) is 5.32 Å². The highest BCUT2D eigenvalue weighted by molar-refractivity contribution is 5.98. The Morgan fingerprint density at radius 3 is 2.16 bits per heavy atom. The van der Waals surface area contributed by atoms with Gasteiger partial charge in [-0.05, 0) is 11.1 Å². The van der Waals surface area contributed by atoms with Gasteiger partial charge in [0, 0.05) is 13.0 Å². The fourth-order valence-corrected chi connectivity index (χ4v) is 3.18. The molecule has 2 rings (SSSR count). The monoisotopic (exact) mass is 428 g/mol. The third-order valence-corrected chi connectivity index (χ3v) is 4.78. The van der Waals surface area contributed by atoms with Crippen molar-refractivity contribution in [2.24, 2.45) is 17.2 Å². The van der Waals surface area contributed by atoms with Crippen LogP contribution in [0.5, 0.6) is 0 Å². The average molecular weight is 428 g/mol. The molecule has 9 nitrogen and oxygen atoms in total. The molecule has 0 aliphatic carbocycles.